The molecular weight excluding hydrogens is 460 g/mol. The Kier molecular flexibility index (Phi) is 6.05. The molecule has 1 fully saturated rings. The van der Waals surface area contributed by atoms with Crippen LogP contribution in [0.1, 0.15) is 25.0 Å². The van der Waals surface area contributed by atoms with Crippen LogP contribution in [-0.2, 0) is 35.4 Å². The van der Waals surface area contributed by atoms with Crippen LogP contribution >= 0.6 is 0 Å². The first-order valence-electron chi connectivity index (χ1n) is 10.6. The molecule has 2 aromatic rings. The number of carbonyl (C=O) groups is 3. The first kappa shape index (κ1) is 23.7. The average molecular weight is 485 g/mol. The summed E-state index contributed by atoms with van der Waals surface area (Å²) >= 11 is 0. The molecule has 3 N–H and O–H groups in total. The van der Waals surface area contributed by atoms with Crippen LogP contribution in [0.25, 0.3) is 6.08 Å². The molecule has 0 unspecified atom stereocenters. The Morgan fingerprint density at radius 1 is 1.18 bits per heavy atom. The minimum atomic E-state index is -4.04. The number of Topliss-reactive ketones (excluding diaryl/α,β-unsaturated/α-hetero) is 1. The van der Waals surface area contributed by atoms with Crippen LogP contribution < -0.4 is 10.6 Å². The van der Waals surface area contributed by atoms with E-state index in [1.165, 1.54) is 24.3 Å². The molecule has 0 bridgehead atoms. The second kappa shape index (κ2) is 8.69. The summed E-state index contributed by atoms with van der Waals surface area (Å²) in [4.78, 5) is 38.2. The summed E-state index contributed by atoms with van der Waals surface area (Å²) in [5.41, 5.74) is -0.288. The predicted octanol–water partition coefficient (Wildman–Crippen LogP) is 1.11. The number of fused-ring (bicyclic) bond motifs is 1. The van der Waals surface area contributed by atoms with E-state index in [0.717, 1.165) is 0 Å². The van der Waals surface area contributed by atoms with Crippen LogP contribution in [0, 0.1) is 0 Å². The smallest absolute Gasteiger partial charge is 0.263 e. The van der Waals surface area contributed by atoms with Gasteiger partial charge in [-0.3, -0.25) is 14.4 Å². The maximum Gasteiger partial charge on any atom is 0.263 e. The van der Waals surface area contributed by atoms with E-state index in [0.29, 0.717) is 11.1 Å². The number of hydrogen-bond acceptors (Lipinski definition) is 7. The Labute approximate surface area is 196 Å². The molecule has 3 atom stereocenters. The Balaban J connectivity index is 1.61. The van der Waals surface area contributed by atoms with Crippen LogP contribution in [0.2, 0.25) is 0 Å². The van der Waals surface area contributed by atoms with Gasteiger partial charge in [0.25, 0.3) is 5.91 Å². The van der Waals surface area contributed by atoms with Crippen molar-refractivity contribution in [3.63, 3.8) is 0 Å². The molecular formula is C24H24N2O7S. The summed E-state index contributed by atoms with van der Waals surface area (Å²) in [6, 6.07) is 11.1. The molecule has 2 heterocycles. The van der Waals surface area contributed by atoms with Crippen molar-refractivity contribution in [2.75, 3.05) is 6.61 Å². The van der Waals surface area contributed by atoms with E-state index in [9.17, 15) is 27.9 Å². The van der Waals surface area contributed by atoms with Crippen molar-refractivity contribution in [1.82, 2.24) is 10.6 Å². The van der Waals surface area contributed by atoms with Gasteiger partial charge in [-0.1, -0.05) is 30.3 Å². The molecule has 10 heteroatoms. The van der Waals surface area contributed by atoms with Gasteiger partial charge in [0.1, 0.15) is 28.8 Å². The summed E-state index contributed by atoms with van der Waals surface area (Å²) in [5.74, 6) is -1.87. The topological polar surface area (TPSA) is 139 Å². The first-order valence-corrected chi connectivity index (χ1v) is 12.1. The van der Waals surface area contributed by atoms with Gasteiger partial charge in [0.05, 0.1) is 11.0 Å². The van der Waals surface area contributed by atoms with Crippen molar-refractivity contribution < 1.29 is 32.6 Å². The molecule has 0 saturated carbocycles. The van der Waals surface area contributed by atoms with Gasteiger partial charge in [-0.05, 0) is 49.2 Å². The largest absolute Gasteiger partial charge is 0.508 e. The lowest BCUT2D eigenvalue weighted by atomic mass is 9.92. The van der Waals surface area contributed by atoms with E-state index in [-0.39, 0.29) is 29.5 Å². The summed E-state index contributed by atoms with van der Waals surface area (Å²) in [6.45, 7) is 3.06. The lowest BCUT2D eigenvalue weighted by Gasteiger charge is -2.30. The van der Waals surface area contributed by atoms with E-state index in [4.69, 9.17) is 4.74 Å². The summed E-state index contributed by atoms with van der Waals surface area (Å²) in [7, 11) is -4.04. The zero-order valence-electron chi connectivity index (χ0n) is 18.6. The second-order valence-electron chi connectivity index (χ2n) is 8.51. The number of phenols is 1. The van der Waals surface area contributed by atoms with E-state index < -0.39 is 44.2 Å². The van der Waals surface area contributed by atoms with Crippen LogP contribution in [-0.4, -0.2) is 55.4 Å². The van der Waals surface area contributed by atoms with Crippen LogP contribution in [0.4, 0.5) is 0 Å². The quantitative estimate of drug-likeness (QED) is 0.558. The molecule has 0 aromatic heterocycles. The standard InChI is InChI=1S/C24H24N2O7S/c1-14-24(2,21(28)13-33-14)26-22(29)18(11-15-7-9-17(27)10-8-15)25-23(30)20-12-16-5-3-4-6-19(16)34(20,31)32/h3-10,12,14,18,27H,11,13H2,1-2H3,(H,25,30)(H,26,29)/t14-,18+,24-/m1/s1. The fourth-order valence-corrected chi connectivity index (χ4v) is 5.45. The van der Waals surface area contributed by atoms with Gasteiger partial charge in [0.15, 0.2) is 5.78 Å². The number of phenolic OH excluding ortho intramolecular Hbond substituents is 1. The van der Waals surface area contributed by atoms with Crippen molar-refractivity contribution in [1.29, 1.82) is 0 Å². The number of ether oxygens (including phenoxy) is 1. The minimum absolute atomic E-state index is 0.00234. The Morgan fingerprint density at radius 2 is 1.85 bits per heavy atom. The molecule has 2 aromatic carbocycles. The lowest BCUT2D eigenvalue weighted by molar-refractivity contribution is -0.132. The SMILES string of the molecule is C[C@H]1OCC(=O)[C@]1(C)NC(=O)[C@H](Cc1ccc(O)cc1)NC(=O)C1=Cc2ccccc2S1(=O)=O. The van der Waals surface area contributed by atoms with Gasteiger partial charge in [0.2, 0.25) is 15.7 Å². The van der Waals surface area contributed by atoms with Gasteiger partial charge >= 0.3 is 0 Å². The highest BCUT2D eigenvalue weighted by atomic mass is 32.2. The number of ketones is 1. The fourth-order valence-electron chi connectivity index (χ4n) is 3.93. The number of benzene rings is 2. The number of nitrogens with one attached hydrogen (secondary N) is 2. The number of amides is 2. The minimum Gasteiger partial charge on any atom is -0.508 e. The molecule has 9 nitrogen and oxygen atoms in total. The van der Waals surface area contributed by atoms with E-state index in [1.54, 1.807) is 44.2 Å². The zero-order valence-corrected chi connectivity index (χ0v) is 19.4. The summed E-state index contributed by atoms with van der Waals surface area (Å²) < 4.78 is 31.1. The molecule has 2 aliphatic heterocycles. The van der Waals surface area contributed by atoms with Crippen LogP contribution in [0.15, 0.2) is 58.3 Å². The van der Waals surface area contributed by atoms with Crippen molar-refractivity contribution in [3.05, 3.63) is 64.6 Å². The van der Waals surface area contributed by atoms with E-state index in [2.05, 4.69) is 10.6 Å². The molecule has 2 aliphatic rings. The maximum absolute atomic E-state index is 13.2. The highest BCUT2D eigenvalue weighted by Crippen LogP contribution is 2.32. The molecule has 1 saturated heterocycles. The van der Waals surface area contributed by atoms with Crippen LogP contribution in [0.3, 0.4) is 0 Å². The van der Waals surface area contributed by atoms with Crippen molar-refractivity contribution >= 4 is 33.5 Å². The zero-order chi connectivity index (χ0) is 24.7. The van der Waals surface area contributed by atoms with Gasteiger partial charge in [-0.25, -0.2) is 8.42 Å². The summed E-state index contributed by atoms with van der Waals surface area (Å²) in [5, 5.41) is 14.7. The molecule has 4 rings (SSSR count). The number of carbonyl (C=O) groups excluding carboxylic acids is 3. The normalized spacial score (nSPS) is 23.6. The summed E-state index contributed by atoms with van der Waals surface area (Å²) in [6.07, 6.45) is 0.687. The molecule has 178 valence electrons. The number of aromatic hydroxyl groups is 1. The molecule has 0 aliphatic carbocycles. The average Bonchev–Trinajstić information content (AvgIpc) is 3.22. The molecule has 34 heavy (non-hydrogen) atoms. The lowest BCUT2D eigenvalue weighted by Crippen LogP contribution is -2.60. The maximum atomic E-state index is 13.2. The van der Waals surface area contributed by atoms with Gasteiger partial charge in [-0.15, -0.1) is 0 Å². The number of sulfone groups is 1. The van der Waals surface area contributed by atoms with E-state index in [1.807, 2.05) is 0 Å². The van der Waals surface area contributed by atoms with Crippen molar-refractivity contribution in [2.45, 2.75) is 42.8 Å². The van der Waals surface area contributed by atoms with Crippen LogP contribution in [0.5, 0.6) is 5.75 Å². The third-order valence-corrected chi connectivity index (χ3v) is 8.08. The third kappa shape index (κ3) is 4.22. The number of rotatable bonds is 6. The van der Waals surface area contributed by atoms with Crippen molar-refractivity contribution in [2.24, 2.45) is 0 Å². The Bertz CT molecular complexity index is 1300. The highest BCUT2D eigenvalue weighted by Gasteiger charge is 2.47. The van der Waals surface area contributed by atoms with Gasteiger partial charge in [-0.2, -0.15) is 0 Å². The Hall–Kier alpha value is -3.50. The molecule has 0 radical (unpaired) electrons. The van der Waals surface area contributed by atoms with Gasteiger partial charge in [0, 0.05) is 6.42 Å². The monoisotopic (exact) mass is 484 g/mol. The Morgan fingerprint density at radius 3 is 2.47 bits per heavy atom. The second-order valence-corrected chi connectivity index (χ2v) is 10.4. The van der Waals surface area contributed by atoms with Gasteiger partial charge < -0.3 is 20.5 Å². The van der Waals surface area contributed by atoms with Crippen molar-refractivity contribution in [3.8, 4) is 5.75 Å². The number of hydrogen-bond donors (Lipinski definition) is 3. The highest BCUT2D eigenvalue weighted by molar-refractivity contribution is 7.96. The molecule has 2 amide bonds. The van der Waals surface area contributed by atoms with E-state index >= 15 is 0 Å². The fraction of sp³-hybridized carbons (Fsp3) is 0.292. The first-order chi connectivity index (χ1) is 16.0. The third-order valence-electron chi connectivity index (χ3n) is 6.25. The predicted molar refractivity (Wildman–Crippen MR) is 122 cm³/mol. The molecule has 0 spiro atoms.